The van der Waals surface area contributed by atoms with Gasteiger partial charge in [0.2, 0.25) is 0 Å². The monoisotopic (exact) mass is 288 g/mol. The fourth-order valence-electron chi connectivity index (χ4n) is 4.02. The Morgan fingerprint density at radius 3 is 2.62 bits per heavy atom. The van der Waals surface area contributed by atoms with Crippen LogP contribution in [-0.4, -0.2) is 31.6 Å². The first-order valence-electron chi connectivity index (χ1n) is 8.51. The van der Waals surface area contributed by atoms with Gasteiger partial charge in [-0.1, -0.05) is 57.5 Å². The van der Waals surface area contributed by atoms with Crippen molar-refractivity contribution in [2.24, 2.45) is 11.3 Å². The van der Waals surface area contributed by atoms with Gasteiger partial charge >= 0.3 is 0 Å². The van der Waals surface area contributed by atoms with Crippen molar-refractivity contribution >= 4 is 0 Å². The first kappa shape index (κ1) is 16.5. The average molecular weight is 288 g/mol. The Kier molecular flexibility index (Phi) is 5.83. The van der Waals surface area contributed by atoms with E-state index < -0.39 is 0 Å². The molecule has 2 rings (SSSR count). The molecule has 0 spiro atoms. The fraction of sp³-hybridized carbons (Fsp3) is 0.684. The van der Waals surface area contributed by atoms with Crippen LogP contribution in [0.15, 0.2) is 30.3 Å². The van der Waals surface area contributed by atoms with Gasteiger partial charge in [0, 0.05) is 19.1 Å². The average Bonchev–Trinajstić information content (AvgIpc) is 2.87. The van der Waals surface area contributed by atoms with Crippen molar-refractivity contribution in [3.8, 4) is 0 Å². The maximum Gasteiger partial charge on any atom is 0.0381 e. The van der Waals surface area contributed by atoms with Crippen LogP contribution in [0.5, 0.6) is 0 Å². The quantitative estimate of drug-likeness (QED) is 0.813. The first-order valence-corrected chi connectivity index (χ1v) is 8.51. The van der Waals surface area contributed by atoms with E-state index in [1.165, 1.54) is 44.5 Å². The SMILES string of the molecule is CCCC1CCN(CC(C)(C)C(NC)c2ccccc2)C1. The van der Waals surface area contributed by atoms with Crippen molar-refractivity contribution in [3.63, 3.8) is 0 Å². The van der Waals surface area contributed by atoms with Gasteiger partial charge in [-0.25, -0.2) is 0 Å². The van der Waals surface area contributed by atoms with Crippen molar-refractivity contribution in [1.29, 1.82) is 0 Å². The summed E-state index contributed by atoms with van der Waals surface area (Å²) in [7, 11) is 2.09. The molecule has 1 aromatic rings. The molecule has 2 atom stereocenters. The van der Waals surface area contributed by atoms with Crippen molar-refractivity contribution in [1.82, 2.24) is 10.2 Å². The summed E-state index contributed by atoms with van der Waals surface area (Å²) in [6.45, 7) is 10.8. The summed E-state index contributed by atoms with van der Waals surface area (Å²) in [6, 6.07) is 11.3. The highest BCUT2D eigenvalue weighted by Gasteiger charge is 2.33. The molecule has 1 heterocycles. The zero-order chi connectivity index (χ0) is 15.3. The Bertz CT molecular complexity index is 413. The van der Waals surface area contributed by atoms with E-state index in [1.54, 1.807) is 0 Å². The summed E-state index contributed by atoms with van der Waals surface area (Å²) >= 11 is 0. The fourth-order valence-corrected chi connectivity index (χ4v) is 4.02. The summed E-state index contributed by atoms with van der Waals surface area (Å²) in [5.74, 6) is 0.926. The molecule has 1 N–H and O–H groups in total. The molecule has 0 aromatic heterocycles. The molecule has 0 bridgehead atoms. The number of benzene rings is 1. The zero-order valence-corrected chi connectivity index (χ0v) is 14.2. The molecule has 118 valence electrons. The van der Waals surface area contributed by atoms with Gasteiger partial charge in [-0.2, -0.15) is 0 Å². The molecule has 0 aliphatic carbocycles. The third kappa shape index (κ3) is 4.31. The molecule has 1 aliphatic rings. The summed E-state index contributed by atoms with van der Waals surface area (Å²) in [6.07, 6.45) is 4.11. The standard InChI is InChI=1S/C19H32N2/c1-5-9-16-12-13-21(14-16)15-19(2,3)18(20-4)17-10-7-6-8-11-17/h6-8,10-11,16,18,20H,5,9,12-15H2,1-4H3. The van der Waals surface area contributed by atoms with E-state index in [0.717, 1.165) is 5.92 Å². The van der Waals surface area contributed by atoms with Crippen LogP contribution < -0.4 is 5.32 Å². The largest absolute Gasteiger partial charge is 0.313 e. The minimum absolute atomic E-state index is 0.233. The Hall–Kier alpha value is -0.860. The lowest BCUT2D eigenvalue weighted by Crippen LogP contribution is -2.41. The molecule has 0 saturated carbocycles. The molecular formula is C19H32N2. The third-order valence-electron chi connectivity index (χ3n) is 4.90. The third-order valence-corrected chi connectivity index (χ3v) is 4.90. The van der Waals surface area contributed by atoms with Crippen molar-refractivity contribution in [3.05, 3.63) is 35.9 Å². The maximum atomic E-state index is 3.54. The molecule has 2 heteroatoms. The number of nitrogens with one attached hydrogen (secondary N) is 1. The molecule has 1 aromatic carbocycles. The molecular weight excluding hydrogens is 256 g/mol. The number of hydrogen-bond donors (Lipinski definition) is 1. The van der Waals surface area contributed by atoms with Crippen LogP contribution in [0.3, 0.4) is 0 Å². The number of nitrogens with zero attached hydrogens (tertiary/aromatic N) is 1. The van der Waals surface area contributed by atoms with Gasteiger partial charge in [0.25, 0.3) is 0 Å². The second-order valence-corrected chi connectivity index (χ2v) is 7.30. The molecule has 1 fully saturated rings. The predicted octanol–water partition coefficient (Wildman–Crippen LogP) is 4.10. The van der Waals surface area contributed by atoms with Gasteiger partial charge in [0.05, 0.1) is 0 Å². The van der Waals surface area contributed by atoms with Gasteiger partial charge in [-0.3, -0.25) is 0 Å². The van der Waals surface area contributed by atoms with Crippen molar-refractivity contribution in [2.75, 3.05) is 26.7 Å². The summed E-state index contributed by atoms with van der Waals surface area (Å²) in [5, 5.41) is 3.54. The molecule has 0 amide bonds. The minimum atomic E-state index is 0.233. The summed E-state index contributed by atoms with van der Waals surface area (Å²) < 4.78 is 0. The lowest BCUT2D eigenvalue weighted by atomic mass is 9.80. The van der Waals surface area contributed by atoms with E-state index in [4.69, 9.17) is 0 Å². The second kappa shape index (κ2) is 7.42. The molecule has 2 nitrogen and oxygen atoms in total. The Balaban J connectivity index is 2.00. The van der Waals surface area contributed by atoms with Crippen molar-refractivity contribution < 1.29 is 0 Å². The van der Waals surface area contributed by atoms with Crippen LogP contribution in [0, 0.1) is 11.3 Å². The van der Waals surface area contributed by atoms with Crippen LogP contribution in [0.4, 0.5) is 0 Å². The minimum Gasteiger partial charge on any atom is -0.313 e. The highest BCUT2D eigenvalue weighted by molar-refractivity contribution is 5.21. The zero-order valence-electron chi connectivity index (χ0n) is 14.2. The highest BCUT2D eigenvalue weighted by atomic mass is 15.2. The lowest BCUT2D eigenvalue weighted by molar-refractivity contribution is 0.157. The van der Waals surface area contributed by atoms with Gasteiger partial charge in [0.1, 0.15) is 0 Å². The maximum absolute atomic E-state index is 3.54. The Morgan fingerprint density at radius 1 is 1.29 bits per heavy atom. The molecule has 1 aliphatic heterocycles. The summed E-state index contributed by atoms with van der Waals surface area (Å²) in [4.78, 5) is 2.67. The normalized spacial score (nSPS) is 21.6. The van der Waals surface area contributed by atoms with Gasteiger partial charge in [-0.15, -0.1) is 0 Å². The van der Waals surface area contributed by atoms with Crippen LogP contribution in [0.1, 0.15) is 51.6 Å². The van der Waals surface area contributed by atoms with E-state index >= 15 is 0 Å². The topological polar surface area (TPSA) is 15.3 Å². The first-order chi connectivity index (χ1) is 10.1. The van der Waals surface area contributed by atoms with E-state index in [0.29, 0.717) is 6.04 Å². The van der Waals surface area contributed by atoms with Crippen molar-refractivity contribution in [2.45, 2.75) is 46.1 Å². The van der Waals surface area contributed by atoms with E-state index in [2.05, 4.69) is 68.4 Å². The van der Waals surface area contributed by atoms with E-state index in [1.807, 2.05) is 0 Å². The Morgan fingerprint density at radius 2 is 2.00 bits per heavy atom. The number of likely N-dealkylation sites (tertiary alicyclic amines) is 1. The second-order valence-electron chi connectivity index (χ2n) is 7.30. The smallest absolute Gasteiger partial charge is 0.0381 e. The lowest BCUT2D eigenvalue weighted by Gasteiger charge is -2.38. The highest BCUT2D eigenvalue weighted by Crippen LogP contribution is 2.35. The van der Waals surface area contributed by atoms with Crippen LogP contribution in [-0.2, 0) is 0 Å². The number of hydrogen-bond acceptors (Lipinski definition) is 2. The van der Waals surface area contributed by atoms with Crippen LogP contribution in [0.2, 0.25) is 0 Å². The Labute approximate surface area is 130 Å². The van der Waals surface area contributed by atoms with E-state index in [9.17, 15) is 0 Å². The van der Waals surface area contributed by atoms with Gasteiger partial charge in [0.15, 0.2) is 0 Å². The molecule has 1 saturated heterocycles. The van der Waals surface area contributed by atoms with E-state index in [-0.39, 0.29) is 5.41 Å². The predicted molar refractivity (Wildman–Crippen MR) is 91.5 cm³/mol. The van der Waals surface area contributed by atoms with Gasteiger partial charge in [-0.05, 0) is 43.3 Å². The van der Waals surface area contributed by atoms with Gasteiger partial charge < -0.3 is 10.2 Å². The molecule has 21 heavy (non-hydrogen) atoms. The summed E-state index contributed by atoms with van der Waals surface area (Å²) in [5.41, 5.74) is 1.63. The molecule has 0 radical (unpaired) electrons. The number of rotatable bonds is 7. The van der Waals surface area contributed by atoms with Crippen LogP contribution >= 0.6 is 0 Å². The van der Waals surface area contributed by atoms with Crippen LogP contribution in [0.25, 0.3) is 0 Å². The molecule has 2 unspecified atom stereocenters.